The second-order valence-electron chi connectivity index (χ2n) is 3.91. The normalized spacial score (nSPS) is 22.9. The molecule has 0 bridgehead atoms. The van der Waals surface area contributed by atoms with Crippen LogP contribution in [0.5, 0.6) is 0 Å². The molecule has 1 saturated carbocycles. The van der Waals surface area contributed by atoms with Crippen LogP contribution < -0.4 is 5.32 Å². The number of hydrogen-bond acceptors (Lipinski definition) is 4. The molecule has 0 amide bonds. The maximum atomic E-state index is 10.8. The van der Waals surface area contributed by atoms with Gasteiger partial charge in [-0.2, -0.15) is 0 Å². The summed E-state index contributed by atoms with van der Waals surface area (Å²) in [6.45, 7) is 2.10. The molecule has 6 heteroatoms. The smallest absolute Gasteiger partial charge is 0.311 e. The van der Waals surface area contributed by atoms with Crippen LogP contribution in [0.1, 0.15) is 19.8 Å². The minimum atomic E-state index is -0.449. The largest absolute Gasteiger partial charge is 0.361 e. The first-order valence-corrected chi connectivity index (χ1v) is 5.57. The van der Waals surface area contributed by atoms with E-state index in [0.717, 1.165) is 12.8 Å². The molecule has 0 aromatic carbocycles. The van der Waals surface area contributed by atoms with Crippen LogP contribution in [0.3, 0.4) is 0 Å². The van der Waals surface area contributed by atoms with Gasteiger partial charge in [0.05, 0.1) is 4.92 Å². The van der Waals surface area contributed by atoms with Crippen LogP contribution in [-0.4, -0.2) is 15.9 Å². The Morgan fingerprint density at radius 1 is 1.69 bits per heavy atom. The molecule has 1 aliphatic rings. The zero-order valence-electron chi connectivity index (χ0n) is 8.81. The summed E-state index contributed by atoms with van der Waals surface area (Å²) in [6, 6.07) is 3.10. The first-order chi connectivity index (χ1) is 7.61. The predicted octanol–water partition coefficient (Wildman–Crippen LogP) is 2.85. The highest BCUT2D eigenvalue weighted by atomic mass is 35.5. The quantitative estimate of drug-likeness (QED) is 0.500. The van der Waals surface area contributed by atoms with Gasteiger partial charge in [-0.25, -0.2) is 4.98 Å². The summed E-state index contributed by atoms with van der Waals surface area (Å²) in [5.74, 6) is 0.874. The molecule has 5 nitrogen and oxygen atoms in total. The standard InChI is InChI=1S/C10H12ClN3O2/c1-2-6-5-7(6)12-10-8(14(15)16)3-4-9(11)13-10/h3-4,6-7H,2,5H2,1H3,(H,12,13). The van der Waals surface area contributed by atoms with Gasteiger partial charge in [0, 0.05) is 12.1 Å². The third kappa shape index (κ3) is 2.24. The molecule has 0 saturated heterocycles. The fourth-order valence-electron chi connectivity index (χ4n) is 1.73. The van der Waals surface area contributed by atoms with Gasteiger partial charge in [0.25, 0.3) is 0 Å². The van der Waals surface area contributed by atoms with Crippen LogP contribution in [0.25, 0.3) is 0 Å². The third-order valence-electron chi connectivity index (χ3n) is 2.81. The van der Waals surface area contributed by atoms with E-state index in [1.165, 1.54) is 12.1 Å². The molecule has 1 fully saturated rings. The molecule has 0 aliphatic heterocycles. The van der Waals surface area contributed by atoms with Crippen molar-refractivity contribution in [1.82, 2.24) is 4.98 Å². The topological polar surface area (TPSA) is 68.1 Å². The molecule has 1 heterocycles. The van der Waals surface area contributed by atoms with Crippen LogP contribution in [-0.2, 0) is 0 Å². The summed E-state index contributed by atoms with van der Waals surface area (Å²) in [7, 11) is 0. The lowest BCUT2D eigenvalue weighted by Gasteiger charge is -2.05. The summed E-state index contributed by atoms with van der Waals surface area (Å²) in [5.41, 5.74) is -0.0221. The van der Waals surface area contributed by atoms with Gasteiger partial charge in [-0.15, -0.1) is 0 Å². The fraction of sp³-hybridized carbons (Fsp3) is 0.500. The van der Waals surface area contributed by atoms with Crippen LogP contribution >= 0.6 is 11.6 Å². The molecule has 0 spiro atoms. The van der Waals surface area contributed by atoms with Crippen molar-refractivity contribution in [3.05, 3.63) is 27.4 Å². The van der Waals surface area contributed by atoms with Gasteiger partial charge in [-0.1, -0.05) is 24.9 Å². The number of halogens is 1. The number of nitrogens with zero attached hydrogens (tertiary/aromatic N) is 2. The zero-order valence-corrected chi connectivity index (χ0v) is 9.57. The van der Waals surface area contributed by atoms with E-state index in [1.807, 2.05) is 0 Å². The van der Waals surface area contributed by atoms with Gasteiger partial charge in [0.1, 0.15) is 5.15 Å². The molecule has 16 heavy (non-hydrogen) atoms. The molecule has 2 rings (SSSR count). The number of hydrogen-bond donors (Lipinski definition) is 1. The van der Waals surface area contributed by atoms with Gasteiger partial charge in [-0.3, -0.25) is 10.1 Å². The lowest BCUT2D eigenvalue weighted by molar-refractivity contribution is -0.384. The molecule has 86 valence electrons. The summed E-state index contributed by atoms with van der Waals surface area (Å²) in [6.07, 6.45) is 2.12. The van der Waals surface area contributed by atoms with Crippen molar-refractivity contribution in [3.63, 3.8) is 0 Å². The molecular weight excluding hydrogens is 230 g/mol. The number of pyridine rings is 1. The SMILES string of the molecule is CCC1CC1Nc1nc(Cl)ccc1[N+](=O)[O-]. The molecule has 2 unspecified atom stereocenters. The van der Waals surface area contributed by atoms with Crippen molar-refractivity contribution in [3.8, 4) is 0 Å². The van der Waals surface area contributed by atoms with Gasteiger partial charge >= 0.3 is 5.69 Å². The second-order valence-corrected chi connectivity index (χ2v) is 4.30. The Morgan fingerprint density at radius 2 is 2.44 bits per heavy atom. The lowest BCUT2D eigenvalue weighted by Crippen LogP contribution is -2.08. The van der Waals surface area contributed by atoms with Crippen molar-refractivity contribution in [1.29, 1.82) is 0 Å². The first-order valence-electron chi connectivity index (χ1n) is 5.19. The van der Waals surface area contributed by atoms with Crippen LogP contribution in [0.4, 0.5) is 11.5 Å². The van der Waals surface area contributed by atoms with Crippen LogP contribution in [0.2, 0.25) is 5.15 Å². The van der Waals surface area contributed by atoms with Gasteiger partial charge < -0.3 is 5.32 Å². The Balaban J connectivity index is 2.18. The van der Waals surface area contributed by atoms with E-state index < -0.39 is 4.92 Å². The molecule has 1 aromatic heterocycles. The average molecular weight is 242 g/mol. The molecule has 1 aliphatic carbocycles. The average Bonchev–Trinajstić information content (AvgIpc) is 2.96. The highest BCUT2D eigenvalue weighted by Gasteiger charge is 2.36. The minimum absolute atomic E-state index is 0.0221. The van der Waals surface area contributed by atoms with Crippen LogP contribution in [0.15, 0.2) is 12.1 Å². The van der Waals surface area contributed by atoms with Crippen molar-refractivity contribution in [2.24, 2.45) is 5.92 Å². The van der Waals surface area contributed by atoms with E-state index in [0.29, 0.717) is 12.0 Å². The maximum absolute atomic E-state index is 10.8. The Hall–Kier alpha value is -1.36. The predicted molar refractivity (Wildman–Crippen MR) is 61.7 cm³/mol. The molecule has 0 radical (unpaired) electrons. The number of nitro groups is 1. The monoisotopic (exact) mass is 241 g/mol. The second kappa shape index (κ2) is 4.25. The first kappa shape index (κ1) is 11.1. The molecule has 1 N–H and O–H groups in total. The Labute approximate surface area is 98.0 Å². The third-order valence-corrected chi connectivity index (χ3v) is 3.02. The van der Waals surface area contributed by atoms with Crippen molar-refractivity contribution in [2.75, 3.05) is 5.32 Å². The van der Waals surface area contributed by atoms with E-state index in [4.69, 9.17) is 11.6 Å². The zero-order chi connectivity index (χ0) is 11.7. The number of rotatable bonds is 4. The number of aromatic nitrogens is 1. The lowest BCUT2D eigenvalue weighted by atomic mass is 10.3. The maximum Gasteiger partial charge on any atom is 0.311 e. The Kier molecular flexibility index (Phi) is 2.96. The summed E-state index contributed by atoms with van der Waals surface area (Å²) in [5, 5.41) is 14.1. The Morgan fingerprint density at radius 3 is 3.00 bits per heavy atom. The van der Waals surface area contributed by atoms with E-state index in [2.05, 4.69) is 17.2 Å². The van der Waals surface area contributed by atoms with E-state index in [-0.39, 0.29) is 16.7 Å². The molecular formula is C10H12ClN3O2. The number of anilines is 1. The fourth-order valence-corrected chi connectivity index (χ4v) is 1.88. The Bertz CT molecular complexity index is 425. The van der Waals surface area contributed by atoms with Crippen molar-refractivity contribution < 1.29 is 4.92 Å². The van der Waals surface area contributed by atoms with Gasteiger partial charge in [0.15, 0.2) is 0 Å². The highest BCUT2D eigenvalue weighted by Crippen LogP contribution is 2.37. The van der Waals surface area contributed by atoms with E-state index >= 15 is 0 Å². The molecule has 2 atom stereocenters. The number of nitrogens with one attached hydrogen (secondary N) is 1. The van der Waals surface area contributed by atoms with Crippen molar-refractivity contribution in [2.45, 2.75) is 25.8 Å². The summed E-state index contributed by atoms with van der Waals surface area (Å²) < 4.78 is 0. The van der Waals surface area contributed by atoms with Gasteiger partial charge in [0.2, 0.25) is 5.82 Å². The van der Waals surface area contributed by atoms with Gasteiger partial charge in [-0.05, 0) is 18.4 Å². The summed E-state index contributed by atoms with van der Waals surface area (Å²) in [4.78, 5) is 14.3. The molecule has 1 aromatic rings. The van der Waals surface area contributed by atoms with Crippen LogP contribution in [0, 0.1) is 16.0 Å². The van der Waals surface area contributed by atoms with Crippen molar-refractivity contribution >= 4 is 23.1 Å². The minimum Gasteiger partial charge on any atom is -0.361 e. The van der Waals surface area contributed by atoms with E-state index in [9.17, 15) is 10.1 Å². The summed E-state index contributed by atoms with van der Waals surface area (Å²) >= 11 is 5.72. The van der Waals surface area contributed by atoms with E-state index in [1.54, 1.807) is 0 Å². The highest BCUT2D eigenvalue weighted by molar-refractivity contribution is 6.29.